The predicted octanol–water partition coefficient (Wildman–Crippen LogP) is 6.01. The van der Waals surface area contributed by atoms with Crippen LogP contribution < -0.4 is 16.4 Å². The number of ether oxygens (including phenoxy) is 2. The molecule has 55 heavy (non-hydrogen) atoms. The van der Waals surface area contributed by atoms with Crippen molar-refractivity contribution in [3.05, 3.63) is 37.0 Å². The van der Waals surface area contributed by atoms with Gasteiger partial charge in [0.25, 0.3) is 0 Å². The molecule has 1 heterocycles. The second-order valence-electron chi connectivity index (χ2n) is 14.8. The van der Waals surface area contributed by atoms with Crippen molar-refractivity contribution in [1.29, 1.82) is 0 Å². The predicted molar refractivity (Wildman–Crippen MR) is 231 cm³/mol. The SMILES string of the molecule is C=C/C=C(\C=C)CC(NC=O)C(=NC)SCC.CCC.CCC(C)C(C(CC(=O)N1CCCC1C(OC)C(C)C)OC)N(C)C(=O)CNC(=O)C(C)(C)CN. The summed E-state index contributed by atoms with van der Waals surface area (Å²) in [5, 5.41) is 6.42. The number of likely N-dealkylation sites (tertiary alicyclic amines) is 1. The minimum absolute atomic E-state index is 0.0153. The second kappa shape index (κ2) is 30.2. The van der Waals surface area contributed by atoms with Gasteiger partial charge in [-0.15, -0.1) is 11.8 Å². The topological polar surface area (TPSA) is 156 Å². The maximum Gasteiger partial charge on any atom is 0.242 e. The van der Waals surface area contributed by atoms with E-state index in [1.807, 2.05) is 11.0 Å². The number of thioether (sulfide) groups is 1. The van der Waals surface area contributed by atoms with Gasteiger partial charge in [-0.05, 0) is 56.3 Å². The van der Waals surface area contributed by atoms with Crippen molar-refractivity contribution >= 4 is 40.9 Å². The largest absolute Gasteiger partial charge is 0.379 e. The number of allylic oxidation sites excluding steroid dienone is 3. The van der Waals surface area contributed by atoms with Crippen LogP contribution in [0, 0.1) is 17.3 Å². The number of nitrogens with one attached hydrogen (secondary N) is 2. The molecule has 1 aliphatic heterocycles. The van der Waals surface area contributed by atoms with Crippen molar-refractivity contribution in [3.8, 4) is 0 Å². The van der Waals surface area contributed by atoms with E-state index in [0.717, 1.165) is 35.6 Å². The first-order valence-corrected chi connectivity index (χ1v) is 20.8. The Kier molecular flexibility index (Phi) is 29.7. The quantitative estimate of drug-likeness (QED) is 0.0521. The highest BCUT2D eigenvalue weighted by molar-refractivity contribution is 8.14. The van der Waals surface area contributed by atoms with Crippen LogP contribution in [0.1, 0.15) is 101 Å². The molecule has 1 saturated heterocycles. The number of methoxy groups -OCH3 is 2. The number of amides is 4. The zero-order valence-corrected chi connectivity index (χ0v) is 37.4. The van der Waals surface area contributed by atoms with Gasteiger partial charge in [0.2, 0.25) is 24.1 Å². The first kappa shape index (κ1) is 54.1. The third kappa shape index (κ3) is 19.1. The summed E-state index contributed by atoms with van der Waals surface area (Å²) in [7, 11) is 6.75. The number of aliphatic imine (C=N–C) groups is 1. The van der Waals surface area contributed by atoms with Gasteiger partial charge in [0.1, 0.15) is 0 Å². The van der Waals surface area contributed by atoms with Gasteiger partial charge >= 0.3 is 0 Å². The molecule has 0 aromatic heterocycles. The molecule has 0 aromatic rings. The summed E-state index contributed by atoms with van der Waals surface area (Å²) < 4.78 is 11.6. The average Bonchev–Trinajstić information content (AvgIpc) is 3.65. The van der Waals surface area contributed by atoms with Gasteiger partial charge in [0.15, 0.2) is 0 Å². The number of hydrogen-bond donors (Lipinski definition) is 3. The smallest absolute Gasteiger partial charge is 0.242 e. The molecule has 1 rings (SSSR count). The monoisotopic (exact) mass is 795 g/mol. The van der Waals surface area contributed by atoms with Crippen LogP contribution >= 0.6 is 11.8 Å². The molecular formula is C42H78N6O6S. The molecule has 0 aliphatic carbocycles. The number of hydrogen-bond acceptors (Lipinski definition) is 9. The molecule has 1 fully saturated rings. The van der Waals surface area contributed by atoms with Gasteiger partial charge in [-0.2, -0.15) is 0 Å². The molecule has 6 atom stereocenters. The zero-order chi connectivity index (χ0) is 42.7. The Bertz CT molecular complexity index is 1210. The zero-order valence-electron chi connectivity index (χ0n) is 36.6. The Morgan fingerprint density at radius 2 is 1.71 bits per heavy atom. The lowest BCUT2D eigenvalue weighted by atomic mass is 9.90. The molecular weight excluding hydrogens is 717 g/mol. The summed E-state index contributed by atoms with van der Waals surface area (Å²) in [5.74, 6) is 0.845. The second-order valence-corrected chi connectivity index (χ2v) is 16.1. The summed E-state index contributed by atoms with van der Waals surface area (Å²) in [6.07, 6.45) is 10.4. The standard InChI is InChI=1S/C26H50N4O5.C13H20N2OS.C3H8/c1-10-18(4)23(29(7)22(32)15-28-25(33)26(5,6)16-27)20(34-8)14-21(31)30-13-11-12-19(30)24(35-9)17(2)3;1-5-8-11(6-2)9-12(15-10-16)13(14-4)17-7-3;1-3-2/h17-20,23-24H,10-16,27H2,1-9H3,(H,28,33);5-6,8,10,12H,1-2,7,9H2,3-4H3,(H,15,16);3H2,1-2H3/b;11-8+,14-13?;. The first-order chi connectivity index (χ1) is 26.0. The minimum atomic E-state index is -0.751. The number of carbonyl (C=O) groups excluding carboxylic acids is 4. The van der Waals surface area contributed by atoms with Crippen molar-refractivity contribution in [2.24, 2.45) is 28.0 Å². The molecule has 0 spiro atoms. The number of carbonyl (C=O) groups is 4. The normalized spacial score (nSPS) is 17.3. The van der Waals surface area contributed by atoms with E-state index in [-0.39, 0.29) is 67.4 Å². The Hall–Kier alpha value is -3.00. The van der Waals surface area contributed by atoms with Gasteiger partial charge < -0.3 is 35.6 Å². The van der Waals surface area contributed by atoms with E-state index in [0.29, 0.717) is 25.3 Å². The summed E-state index contributed by atoms with van der Waals surface area (Å²) in [5.41, 5.74) is 5.95. The molecule has 4 N–H and O–H groups in total. The summed E-state index contributed by atoms with van der Waals surface area (Å²) >= 11 is 1.64. The average molecular weight is 795 g/mol. The minimum Gasteiger partial charge on any atom is -0.379 e. The van der Waals surface area contributed by atoms with E-state index < -0.39 is 11.5 Å². The fourth-order valence-electron chi connectivity index (χ4n) is 6.34. The highest BCUT2D eigenvalue weighted by atomic mass is 32.2. The van der Waals surface area contributed by atoms with E-state index in [1.54, 1.807) is 71.0 Å². The van der Waals surface area contributed by atoms with E-state index >= 15 is 0 Å². The lowest BCUT2D eigenvalue weighted by molar-refractivity contribution is -0.144. The summed E-state index contributed by atoms with van der Waals surface area (Å²) in [6.45, 7) is 26.3. The van der Waals surface area contributed by atoms with Crippen molar-refractivity contribution in [3.63, 3.8) is 0 Å². The number of rotatable bonds is 22. The Morgan fingerprint density at radius 3 is 2.15 bits per heavy atom. The van der Waals surface area contributed by atoms with Crippen molar-refractivity contribution in [2.45, 2.75) is 131 Å². The highest BCUT2D eigenvalue weighted by Gasteiger charge is 2.40. The van der Waals surface area contributed by atoms with Gasteiger partial charge in [-0.1, -0.05) is 92.7 Å². The summed E-state index contributed by atoms with van der Waals surface area (Å²) in [4.78, 5) is 57.3. The Morgan fingerprint density at radius 1 is 1.09 bits per heavy atom. The molecule has 1 aliphatic rings. The van der Waals surface area contributed by atoms with Gasteiger partial charge in [-0.3, -0.25) is 24.2 Å². The molecule has 0 aromatic carbocycles. The van der Waals surface area contributed by atoms with Crippen LogP contribution in [0.3, 0.4) is 0 Å². The van der Waals surface area contributed by atoms with E-state index in [1.165, 1.54) is 6.42 Å². The van der Waals surface area contributed by atoms with Crippen molar-refractivity contribution in [1.82, 2.24) is 20.4 Å². The number of nitrogens with two attached hydrogens (primary N) is 1. The highest BCUT2D eigenvalue weighted by Crippen LogP contribution is 2.29. The fourth-order valence-corrected chi connectivity index (χ4v) is 7.12. The van der Waals surface area contributed by atoms with E-state index in [2.05, 4.69) is 77.3 Å². The van der Waals surface area contributed by atoms with Crippen LogP contribution in [0.5, 0.6) is 0 Å². The molecule has 6 unspecified atom stereocenters. The van der Waals surface area contributed by atoms with Crippen LogP contribution in [-0.2, 0) is 28.7 Å². The van der Waals surface area contributed by atoms with Crippen LogP contribution in [0.15, 0.2) is 42.0 Å². The number of likely N-dealkylation sites (N-methyl/N-ethyl adjacent to an activating group) is 1. The summed E-state index contributed by atoms with van der Waals surface area (Å²) in [6, 6.07) is -0.357. The molecule has 0 saturated carbocycles. The van der Waals surface area contributed by atoms with Gasteiger partial charge in [0.05, 0.1) is 53.8 Å². The lowest BCUT2D eigenvalue weighted by Crippen LogP contribution is -2.54. The molecule has 13 heteroatoms. The third-order valence-electron chi connectivity index (χ3n) is 9.69. The van der Waals surface area contributed by atoms with Crippen molar-refractivity contribution in [2.75, 3.05) is 53.7 Å². The number of nitrogens with zero attached hydrogens (tertiary/aromatic N) is 3. The molecule has 0 bridgehead atoms. The fraction of sp³-hybridized carbons (Fsp3) is 0.738. The maximum atomic E-state index is 13.5. The van der Waals surface area contributed by atoms with Gasteiger partial charge in [-0.25, -0.2) is 0 Å². The van der Waals surface area contributed by atoms with Crippen LogP contribution in [0.4, 0.5) is 0 Å². The third-order valence-corrected chi connectivity index (χ3v) is 10.7. The first-order valence-electron chi connectivity index (χ1n) is 19.8. The van der Waals surface area contributed by atoms with Crippen molar-refractivity contribution < 1.29 is 28.7 Å². The van der Waals surface area contributed by atoms with Crippen LogP contribution in [0.25, 0.3) is 0 Å². The molecule has 0 radical (unpaired) electrons. The van der Waals surface area contributed by atoms with Gasteiger partial charge in [0, 0.05) is 41.4 Å². The van der Waals surface area contributed by atoms with E-state index in [9.17, 15) is 19.2 Å². The van der Waals surface area contributed by atoms with Crippen LogP contribution in [-0.4, -0.2) is 123 Å². The lowest BCUT2D eigenvalue weighted by Gasteiger charge is -2.39. The Balaban J connectivity index is 0. The molecule has 4 amide bonds. The molecule has 318 valence electrons. The molecule has 12 nitrogen and oxygen atoms in total. The van der Waals surface area contributed by atoms with Crippen LogP contribution in [0.2, 0.25) is 0 Å². The Labute approximate surface area is 338 Å². The van der Waals surface area contributed by atoms with E-state index in [4.69, 9.17) is 15.2 Å². The maximum absolute atomic E-state index is 13.5.